The monoisotopic (exact) mass is 445 g/mol. The lowest BCUT2D eigenvalue weighted by atomic mass is 10.0. The standard InChI is InChI=1S/C15H13BrClN3O4S/c1-20-15(21)9(7-18-20)13(16)8-3-4-11(25(2,22)23)12(14(8)17)10-5-6-24-19-10/h3-4,7H,5-6H2,1-2H3/b13-9-. The van der Waals surface area contributed by atoms with Crippen LogP contribution >= 0.6 is 27.5 Å². The van der Waals surface area contributed by atoms with Gasteiger partial charge in [-0.1, -0.05) is 22.8 Å². The van der Waals surface area contributed by atoms with Crippen LogP contribution in [0.4, 0.5) is 0 Å². The SMILES string of the molecule is CN1N=C/C(=C(/Br)c2ccc(S(C)(=O)=O)c(C3=NOCC3)c2Cl)C1=O. The van der Waals surface area contributed by atoms with Gasteiger partial charge in [0, 0.05) is 35.3 Å². The van der Waals surface area contributed by atoms with Crippen LogP contribution in [0.2, 0.25) is 5.02 Å². The van der Waals surface area contributed by atoms with Gasteiger partial charge in [-0.05, 0) is 22.0 Å². The molecule has 0 fully saturated rings. The van der Waals surface area contributed by atoms with E-state index >= 15 is 0 Å². The van der Waals surface area contributed by atoms with Gasteiger partial charge in [0.25, 0.3) is 5.91 Å². The molecule has 1 amide bonds. The number of hydrazone groups is 1. The lowest BCUT2D eigenvalue weighted by Crippen LogP contribution is -2.17. The number of carbonyl (C=O) groups excluding carboxylic acids is 1. The fraction of sp³-hybridized carbons (Fsp3) is 0.267. The van der Waals surface area contributed by atoms with Crippen molar-refractivity contribution in [3.05, 3.63) is 33.9 Å². The van der Waals surface area contributed by atoms with Crippen molar-refractivity contribution in [2.75, 3.05) is 19.9 Å². The molecule has 1 aromatic rings. The first-order valence-electron chi connectivity index (χ1n) is 7.15. The van der Waals surface area contributed by atoms with Crippen LogP contribution in [0.5, 0.6) is 0 Å². The Morgan fingerprint density at radius 1 is 1.40 bits per heavy atom. The zero-order valence-corrected chi connectivity index (χ0v) is 16.4. The normalized spacial score (nSPS) is 19.3. The van der Waals surface area contributed by atoms with E-state index in [2.05, 4.69) is 26.2 Å². The number of halogens is 2. The van der Waals surface area contributed by atoms with Crippen molar-refractivity contribution >= 4 is 59.7 Å². The Kier molecular flexibility index (Phi) is 4.74. The molecule has 2 heterocycles. The van der Waals surface area contributed by atoms with Crippen molar-refractivity contribution in [1.82, 2.24) is 5.01 Å². The Morgan fingerprint density at radius 2 is 2.12 bits per heavy atom. The van der Waals surface area contributed by atoms with Gasteiger partial charge >= 0.3 is 0 Å². The summed E-state index contributed by atoms with van der Waals surface area (Å²) in [5, 5.41) is 9.20. The molecule has 0 spiro atoms. The molecule has 1 aromatic carbocycles. The van der Waals surface area contributed by atoms with Gasteiger partial charge in [-0.15, -0.1) is 0 Å². The molecule has 10 heteroatoms. The highest BCUT2D eigenvalue weighted by atomic mass is 79.9. The summed E-state index contributed by atoms with van der Waals surface area (Å²) in [4.78, 5) is 17.2. The van der Waals surface area contributed by atoms with E-state index in [0.29, 0.717) is 39.9 Å². The second kappa shape index (κ2) is 6.54. The Bertz CT molecular complexity index is 969. The van der Waals surface area contributed by atoms with E-state index < -0.39 is 9.84 Å². The fourth-order valence-corrected chi connectivity index (χ4v) is 4.56. The summed E-state index contributed by atoms with van der Waals surface area (Å²) < 4.78 is 24.7. The zero-order chi connectivity index (χ0) is 18.4. The molecular weight excluding hydrogens is 434 g/mol. The smallest absolute Gasteiger partial charge is 0.276 e. The summed E-state index contributed by atoms with van der Waals surface area (Å²) in [7, 11) is -1.99. The van der Waals surface area contributed by atoms with Gasteiger partial charge in [-0.25, -0.2) is 13.4 Å². The summed E-state index contributed by atoms with van der Waals surface area (Å²) in [6, 6.07) is 3.00. The lowest BCUT2D eigenvalue weighted by molar-refractivity contribution is -0.124. The van der Waals surface area contributed by atoms with Gasteiger partial charge in [-0.2, -0.15) is 5.10 Å². The number of carbonyl (C=O) groups is 1. The topological polar surface area (TPSA) is 88.4 Å². The molecular formula is C15H13BrClN3O4S. The largest absolute Gasteiger partial charge is 0.395 e. The summed E-state index contributed by atoms with van der Waals surface area (Å²) >= 11 is 9.91. The third-order valence-electron chi connectivity index (χ3n) is 3.75. The van der Waals surface area contributed by atoms with Crippen molar-refractivity contribution in [1.29, 1.82) is 0 Å². The molecule has 7 nitrogen and oxygen atoms in total. The molecule has 0 radical (unpaired) electrons. The predicted octanol–water partition coefficient (Wildman–Crippen LogP) is 2.43. The highest BCUT2D eigenvalue weighted by Crippen LogP contribution is 2.38. The minimum absolute atomic E-state index is 0.0688. The molecule has 3 rings (SSSR count). The van der Waals surface area contributed by atoms with Gasteiger partial charge in [-0.3, -0.25) is 4.79 Å². The van der Waals surface area contributed by atoms with Crippen LogP contribution in [-0.4, -0.2) is 51.2 Å². The van der Waals surface area contributed by atoms with Crippen LogP contribution < -0.4 is 0 Å². The number of rotatable bonds is 3. The molecule has 0 bridgehead atoms. The highest BCUT2D eigenvalue weighted by molar-refractivity contribution is 9.15. The van der Waals surface area contributed by atoms with Crippen LogP contribution in [0.15, 0.2) is 32.9 Å². The van der Waals surface area contributed by atoms with Crippen LogP contribution in [0.1, 0.15) is 17.5 Å². The van der Waals surface area contributed by atoms with E-state index in [1.54, 1.807) is 6.07 Å². The van der Waals surface area contributed by atoms with Gasteiger partial charge in [0.2, 0.25) is 0 Å². The Hall–Kier alpha value is -1.71. The molecule has 0 atom stereocenters. The maximum Gasteiger partial charge on any atom is 0.276 e. The van der Waals surface area contributed by atoms with E-state index in [1.807, 2.05) is 0 Å². The second-order valence-corrected chi connectivity index (χ2v) is 8.65. The van der Waals surface area contributed by atoms with Gasteiger partial charge in [0.1, 0.15) is 6.61 Å². The minimum atomic E-state index is -3.53. The third kappa shape index (κ3) is 3.23. The van der Waals surface area contributed by atoms with E-state index in [4.69, 9.17) is 16.4 Å². The number of benzene rings is 1. The Balaban J connectivity index is 2.25. The summed E-state index contributed by atoms with van der Waals surface area (Å²) in [6.07, 6.45) is 2.97. The van der Waals surface area contributed by atoms with Crippen LogP contribution in [0.3, 0.4) is 0 Å². The fourth-order valence-electron chi connectivity index (χ4n) is 2.51. The quantitative estimate of drug-likeness (QED) is 0.667. The Labute approximate surface area is 158 Å². The van der Waals surface area contributed by atoms with Crippen LogP contribution in [0, 0.1) is 0 Å². The first kappa shape index (κ1) is 18.1. The zero-order valence-electron chi connectivity index (χ0n) is 13.3. The van der Waals surface area contributed by atoms with Crippen molar-refractivity contribution < 1.29 is 18.0 Å². The number of sulfone groups is 1. The molecule has 2 aliphatic rings. The molecule has 0 unspecified atom stereocenters. The van der Waals surface area contributed by atoms with Crippen molar-refractivity contribution in [2.45, 2.75) is 11.3 Å². The van der Waals surface area contributed by atoms with Gasteiger partial charge in [0.15, 0.2) is 9.84 Å². The summed E-state index contributed by atoms with van der Waals surface area (Å²) in [5.74, 6) is -0.293. The predicted molar refractivity (Wildman–Crippen MR) is 98.8 cm³/mol. The van der Waals surface area contributed by atoms with E-state index in [1.165, 1.54) is 24.3 Å². The first-order chi connectivity index (χ1) is 11.7. The third-order valence-corrected chi connectivity index (χ3v) is 6.14. The number of oxime groups is 1. The lowest BCUT2D eigenvalue weighted by Gasteiger charge is -2.14. The van der Waals surface area contributed by atoms with E-state index in [0.717, 1.165) is 6.26 Å². The minimum Gasteiger partial charge on any atom is -0.395 e. The van der Waals surface area contributed by atoms with E-state index in [9.17, 15) is 13.2 Å². The number of hydrogen-bond acceptors (Lipinski definition) is 6. The molecule has 0 aromatic heterocycles. The molecule has 25 heavy (non-hydrogen) atoms. The average molecular weight is 447 g/mol. The molecule has 0 aliphatic carbocycles. The number of hydrogen-bond donors (Lipinski definition) is 0. The number of amides is 1. The number of nitrogens with zero attached hydrogens (tertiary/aromatic N) is 3. The Morgan fingerprint density at radius 3 is 2.64 bits per heavy atom. The maximum absolute atomic E-state index is 12.1. The van der Waals surface area contributed by atoms with Crippen LogP contribution in [0.25, 0.3) is 4.48 Å². The van der Waals surface area contributed by atoms with Gasteiger partial charge in [0.05, 0.1) is 27.4 Å². The van der Waals surface area contributed by atoms with Gasteiger partial charge < -0.3 is 4.84 Å². The van der Waals surface area contributed by atoms with Crippen molar-refractivity contribution in [2.24, 2.45) is 10.3 Å². The molecule has 2 aliphatic heterocycles. The second-order valence-electron chi connectivity index (χ2n) is 5.49. The van der Waals surface area contributed by atoms with Crippen molar-refractivity contribution in [3.63, 3.8) is 0 Å². The maximum atomic E-state index is 12.1. The summed E-state index contributed by atoms with van der Waals surface area (Å²) in [6.45, 7) is 0.358. The van der Waals surface area contributed by atoms with Crippen molar-refractivity contribution in [3.8, 4) is 0 Å². The van der Waals surface area contributed by atoms with E-state index in [-0.39, 0.29) is 15.8 Å². The highest BCUT2D eigenvalue weighted by Gasteiger charge is 2.28. The molecule has 0 saturated heterocycles. The molecule has 0 N–H and O–H groups in total. The first-order valence-corrected chi connectivity index (χ1v) is 10.2. The summed E-state index contributed by atoms with van der Waals surface area (Å²) in [5.41, 5.74) is 1.56. The number of likely N-dealkylation sites (N-methyl/N-ethyl adjacent to an activating group) is 1. The molecule has 132 valence electrons. The molecule has 0 saturated carbocycles. The average Bonchev–Trinajstić information content (AvgIpc) is 3.17. The van der Waals surface area contributed by atoms with Crippen LogP contribution in [-0.2, 0) is 19.5 Å².